The minimum atomic E-state index is -0.0622. The van der Waals surface area contributed by atoms with E-state index in [0.29, 0.717) is 25.4 Å². The van der Waals surface area contributed by atoms with Gasteiger partial charge in [-0.25, -0.2) is 0 Å². The van der Waals surface area contributed by atoms with Crippen molar-refractivity contribution in [1.82, 2.24) is 9.80 Å². The Hall–Kier alpha value is -2.64. The van der Waals surface area contributed by atoms with Gasteiger partial charge in [0.15, 0.2) is 0 Å². The molecule has 0 saturated carbocycles. The summed E-state index contributed by atoms with van der Waals surface area (Å²) in [5, 5.41) is 9.35. The van der Waals surface area contributed by atoms with Gasteiger partial charge in [-0.05, 0) is 22.6 Å². The molecule has 1 atom stereocenters. The summed E-state index contributed by atoms with van der Waals surface area (Å²) < 4.78 is 0. The fourth-order valence-corrected chi connectivity index (χ4v) is 3.63. The number of amides is 1. The first-order valence-corrected chi connectivity index (χ1v) is 9.64. The molecule has 140 valence electrons. The normalized spacial score (nSPS) is 16.1. The van der Waals surface area contributed by atoms with Gasteiger partial charge in [0.05, 0.1) is 12.5 Å². The Labute approximate surface area is 162 Å². The van der Waals surface area contributed by atoms with Crippen molar-refractivity contribution >= 4 is 5.91 Å². The van der Waals surface area contributed by atoms with Crippen molar-refractivity contribution in [3.8, 4) is 17.2 Å². The minimum Gasteiger partial charge on any atom is -0.340 e. The van der Waals surface area contributed by atoms with Crippen LogP contribution in [0.5, 0.6) is 0 Å². The predicted octanol–water partition coefficient (Wildman–Crippen LogP) is 3.59. The molecule has 1 saturated heterocycles. The van der Waals surface area contributed by atoms with Crippen molar-refractivity contribution in [3.05, 3.63) is 60.2 Å². The third kappa shape index (κ3) is 4.75. The number of rotatable bonds is 5. The van der Waals surface area contributed by atoms with E-state index in [2.05, 4.69) is 49.1 Å². The standard InChI is InChI=1S/C23H27N3O/c1-18(2)22(17-24)25-12-14-26(15-13-25)23(27)16-19-8-10-21(11-9-19)20-6-4-3-5-7-20/h3-11,18,22H,12-16H2,1-2H3. The van der Waals surface area contributed by atoms with E-state index < -0.39 is 0 Å². The molecule has 0 spiro atoms. The highest BCUT2D eigenvalue weighted by atomic mass is 16.2. The van der Waals surface area contributed by atoms with Gasteiger partial charge in [-0.2, -0.15) is 5.26 Å². The summed E-state index contributed by atoms with van der Waals surface area (Å²) in [4.78, 5) is 16.8. The molecule has 27 heavy (non-hydrogen) atoms. The summed E-state index contributed by atoms with van der Waals surface area (Å²) in [5.41, 5.74) is 3.39. The summed E-state index contributed by atoms with van der Waals surface area (Å²) >= 11 is 0. The van der Waals surface area contributed by atoms with Crippen LogP contribution >= 0.6 is 0 Å². The average molecular weight is 361 g/mol. The van der Waals surface area contributed by atoms with Crippen molar-refractivity contribution in [3.63, 3.8) is 0 Å². The zero-order valence-corrected chi connectivity index (χ0v) is 16.1. The Morgan fingerprint density at radius 2 is 1.56 bits per heavy atom. The molecule has 1 unspecified atom stereocenters. The molecular weight excluding hydrogens is 334 g/mol. The Morgan fingerprint density at radius 1 is 0.963 bits per heavy atom. The summed E-state index contributed by atoms with van der Waals surface area (Å²) in [7, 11) is 0. The van der Waals surface area contributed by atoms with Gasteiger partial charge in [0.25, 0.3) is 0 Å². The van der Waals surface area contributed by atoms with Gasteiger partial charge < -0.3 is 4.90 Å². The maximum Gasteiger partial charge on any atom is 0.227 e. The molecule has 1 aliphatic rings. The second-order valence-electron chi connectivity index (χ2n) is 7.47. The van der Waals surface area contributed by atoms with Crippen LogP contribution in [0, 0.1) is 17.2 Å². The molecule has 4 nitrogen and oxygen atoms in total. The van der Waals surface area contributed by atoms with Crippen LogP contribution in [0.1, 0.15) is 19.4 Å². The van der Waals surface area contributed by atoms with E-state index >= 15 is 0 Å². The van der Waals surface area contributed by atoms with E-state index in [9.17, 15) is 10.1 Å². The summed E-state index contributed by atoms with van der Waals surface area (Å²) in [6.45, 7) is 7.09. The molecule has 1 heterocycles. The fraction of sp³-hybridized carbons (Fsp3) is 0.391. The van der Waals surface area contributed by atoms with Gasteiger partial charge in [0.2, 0.25) is 5.91 Å². The van der Waals surface area contributed by atoms with Crippen LogP contribution in [0.4, 0.5) is 0 Å². The monoisotopic (exact) mass is 361 g/mol. The highest BCUT2D eigenvalue weighted by Crippen LogP contribution is 2.20. The summed E-state index contributed by atoms with van der Waals surface area (Å²) in [6.07, 6.45) is 0.431. The lowest BCUT2D eigenvalue weighted by atomic mass is 10.0. The first-order valence-electron chi connectivity index (χ1n) is 9.64. The molecule has 0 aromatic heterocycles. The molecule has 2 aromatic rings. The molecule has 2 aromatic carbocycles. The van der Waals surface area contributed by atoms with Crippen LogP contribution in [0.2, 0.25) is 0 Å². The van der Waals surface area contributed by atoms with E-state index in [1.165, 1.54) is 5.56 Å². The molecule has 1 amide bonds. The van der Waals surface area contributed by atoms with E-state index in [1.807, 2.05) is 35.2 Å². The summed E-state index contributed by atoms with van der Waals surface area (Å²) in [6, 6.07) is 20.8. The molecule has 1 fully saturated rings. The Bertz CT molecular complexity index is 785. The molecule has 0 radical (unpaired) electrons. The average Bonchev–Trinajstić information content (AvgIpc) is 2.70. The number of hydrogen-bond acceptors (Lipinski definition) is 3. The van der Waals surface area contributed by atoms with Gasteiger partial charge >= 0.3 is 0 Å². The van der Waals surface area contributed by atoms with Crippen LogP contribution in [0.3, 0.4) is 0 Å². The third-order valence-corrected chi connectivity index (χ3v) is 5.24. The Balaban J connectivity index is 1.55. The van der Waals surface area contributed by atoms with Crippen molar-refractivity contribution in [1.29, 1.82) is 5.26 Å². The molecule has 3 rings (SSSR count). The van der Waals surface area contributed by atoms with Gasteiger partial charge in [0, 0.05) is 26.2 Å². The SMILES string of the molecule is CC(C)C(C#N)N1CCN(C(=O)Cc2ccc(-c3ccccc3)cc2)CC1. The van der Waals surface area contributed by atoms with Crippen LogP contribution in [-0.2, 0) is 11.2 Å². The first-order chi connectivity index (χ1) is 13.1. The van der Waals surface area contributed by atoms with E-state index in [0.717, 1.165) is 24.2 Å². The number of nitrogens with zero attached hydrogens (tertiary/aromatic N) is 3. The molecule has 4 heteroatoms. The fourth-order valence-electron chi connectivity index (χ4n) is 3.63. The lowest BCUT2D eigenvalue weighted by molar-refractivity contribution is -0.132. The maximum atomic E-state index is 12.6. The second-order valence-corrected chi connectivity index (χ2v) is 7.47. The van der Waals surface area contributed by atoms with Crippen LogP contribution in [0.15, 0.2) is 54.6 Å². The maximum absolute atomic E-state index is 12.6. The topological polar surface area (TPSA) is 47.3 Å². The number of carbonyl (C=O) groups is 1. The molecular formula is C23H27N3O. The van der Waals surface area contributed by atoms with Crippen molar-refractivity contribution in [2.45, 2.75) is 26.3 Å². The molecule has 0 bridgehead atoms. The quantitative estimate of drug-likeness (QED) is 0.818. The Morgan fingerprint density at radius 3 is 2.11 bits per heavy atom. The highest BCUT2D eigenvalue weighted by Gasteiger charge is 2.27. The van der Waals surface area contributed by atoms with E-state index in [4.69, 9.17) is 0 Å². The van der Waals surface area contributed by atoms with Crippen LogP contribution in [0.25, 0.3) is 11.1 Å². The second kappa shape index (κ2) is 8.83. The van der Waals surface area contributed by atoms with E-state index in [-0.39, 0.29) is 11.9 Å². The molecule has 1 aliphatic heterocycles. The molecule has 0 N–H and O–H groups in total. The zero-order chi connectivity index (χ0) is 19.2. The lowest BCUT2D eigenvalue weighted by Gasteiger charge is -2.38. The number of benzene rings is 2. The van der Waals surface area contributed by atoms with E-state index in [1.54, 1.807) is 0 Å². The number of hydrogen-bond donors (Lipinski definition) is 0. The number of nitriles is 1. The lowest BCUT2D eigenvalue weighted by Crippen LogP contribution is -2.53. The molecule has 0 aliphatic carbocycles. The number of carbonyl (C=O) groups excluding carboxylic acids is 1. The smallest absolute Gasteiger partial charge is 0.227 e. The minimum absolute atomic E-state index is 0.0622. The Kier molecular flexibility index (Phi) is 6.26. The first kappa shape index (κ1) is 19.1. The van der Waals surface area contributed by atoms with Gasteiger partial charge in [-0.1, -0.05) is 68.4 Å². The largest absolute Gasteiger partial charge is 0.340 e. The van der Waals surface area contributed by atoms with Gasteiger partial charge in [0.1, 0.15) is 6.04 Å². The zero-order valence-electron chi connectivity index (χ0n) is 16.1. The van der Waals surface area contributed by atoms with Gasteiger partial charge in [-0.3, -0.25) is 9.69 Å². The third-order valence-electron chi connectivity index (χ3n) is 5.24. The van der Waals surface area contributed by atoms with Crippen LogP contribution in [-0.4, -0.2) is 47.9 Å². The van der Waals surface area contributed by atoms with Crippen LogP contribution < -0.4 is 0 Å². The van der Waals surface area contributed by atoms with Crippen molar-refractivity contribution in [2.24, 2.45) is 5.92 Å². The predicted molar refractivity (Wildman–Crippen MR) is 108 cm³/mol. The number of piperazine rings is 1. The van der Waals surface area contributed by atoms with Crippen molar-refractivity contribution < 1.29 is 4.79 Å². The van der Waals surface area contributed by atoms with Gasteiger partial charge in [-0.15, -0.1) is 0 Å². The van der Waals surface area contributed by atoms with Crippen molar-refractivity contribution in [2.75, 3.05) is 26.2 Å². The summed E-state index contributed by atoms with van der Waals surface area (Å²) in [5.74, 6) is 0.473. The highest BCUT2D eigenvalue weighted by molar-refractivity contribution is 5.79.